The quantitative estimate of drug-likeness (QED) is 0.518. The summed E-state index contributed by atoms with van der Waals surface area (Å²) < 4.78 is 16.3. The van der Waals surface area contributed by atoms with Crippen LogP contribution in [0.2, 0.25) is 0 Å². The van der Waals surface area contributed by atoms with E-state index in [4.69, 9.17) is 14.2 Å². The minimum atomic E-state index is -0.610. The molecular weight excluding hydrogens is 460 g/mol. The van der Waals surface area contributed by atoms with Crippen LogP contribution in [-0.4, -0.2) is 69.9 Å². The largest absolute Gasteiger partial charge is 0.497 e. The van der Waals surface area contributed by atoms with Crippen molar-refractivity contribution in [2.75, 3.05) is 57.9 Å². The molecule has 0 radical (unpaired) electrons. The molecule has 0 spiro atoms. The fraction of sp³-hybridized carbons (Fsp3) is 0.407. The van der Waals surface area contributed by atoms with E-state index >= 15 is 0 Å². The Labute approximate surface area is 212 Å². The normalized spacial score (nSPS) is 18.4. The van der Waals surface area contributed by atoms with Crippen molar-refractivity contribution in [2.45, 2.75) is 19.9 Å². The molecule has 9 heteroatoms. The maximum atomic E-state index is 13.1. The van der Waals surface area contributed by atoms with E-state index in [0.717, 1.165) is 48.9 Å². The number of nitrogens with zero attached hydrogens (tertiary/aromatic N) is 2. The average Bonchev–Trinajstić information content (AvgIpc) is 2.89. The van der Waals surface area contributed by atoms with E-state index in [9.17, 15) is 9.59 Å². The summed E-state index contributed by atoms with van der Waals surface area (Å²) in [7, 11) is 1.67. The Hall–Kier alpha value is -3.72. The number of esters is 1. The fourth-order valence-electron chi connectivity index (χ4n) is 4.56. The number of rotatable bonds is 9. The minimum absolute atomic E-state index is 0.249. The Morgan fingerprint density at radius 1 is 1.00 bits per heavy atom. The van der Waals surface area contributed by atoms with Gasteiger partial charge in [0.25, 0.3) is 0 Å². The molecule has 1 fully saturated rings. The first-order chi connectivity index (χ1) is 17.5. The molecule has 2 aromatic carbocycles. The van der Waals surface area contributed by atoms with Crippen LogP contribution >= 0.6 is 0 Å². The predicted molar refractivity (Wildman–Crippen MR) is 137 cm³/mol. The van der Waals surface area contributed by atoms with Crippen LogP contribution in [0.15, 0.2) is 59.8 Å². The summed E-state index contributed by atoms with van der Waals surface area (Å²) in [5.74, 6) is 1.13. The fourth-order valence-corrected chi connectivity index (χ4v) is 4.56. The van der Waals surface area contributed by atoms with E-state index in [2.05, 4.69) is 26.5 Å². The van der Waals surface area contributed by atoms with Gasteiger partial charge in [-0.15, -0.1) is 0 Å². The maximum Gasteiger partial charge on any atom is 0.338 e. The molecule has 36 heavy (non-hydrogen) atoms. The molecule has 0 aromatic heterocycles. The van der Waals surface area contributed by atoms with Gasteiger partial charge in [0.15, 0.2) is 0 Å². The SMILES string of the molecule is CCOC(=O)C1=C(CN2CCN(c3cccc(OC)c3)CC2)NC(=O)NC1c1ccc(OCC)cc1. The summed E-state index contributed by atoms with van der Waals surface area (Å²) in [6.07, 6.45) is 0. The highest BCUT2D eigenvalue weighted by atomic mass is 16.5. The Balaban J connectivity index is 1.53. The van der Waals surface area contributed by atoms with Gasteiger partial charge in [-0.25, -0.2) is 9.59 Å². The van der Waals surface area contributed by atoms with Crippen molar-refractivity contribution in [1.29, 1.82) is 0 Å². The first kappa shape index (κ1) is 25.4. The van der Waals surface area contributed by atoms with E-state index in [-0.39, 0.29) is 12.6 Å². The van der Waals surface area contributed by atoms with Crippen molar-refractivity contribution in [3.05, 3.63) is 65.4 Å². The zero-order chi connectivity index (χ0) is 25.5. The number of nitrogens with one attached hydrogen (secondary N) is 2. The minimum Gasteiger partial charge on any atom is -0.497 e. The lowest BCUT2D eigenvalue weighted by Crippen LogP contribution is -2.51. The summed E-state index contributed by atoms with van der Waals surface area (Å²) in [4.78, 5) is 30.2. The summed E-state index contributed by atoms with van der Waals surface area (Å²) in [5.41, 5.74) is 2.91. The van der Waals surface area contributed by atoms with Gasteiger partial charge in [-0.3, -0.25) is 4.90 Å². The lowest BCUT2D eigenvalue weighted by Gasteiger charge is -2.38. The predicted octanol–water partition coefficient (Wildman–Crippen LogP) is 3.09. The van der Waals surface area contributed by atoms with Crippen molar-refractivity contribution < 1.29 is 23.8 Å². The van der Waals surface area contributed by atoms with Gasteiger partial charge in [0.05, 0.1) is 31.9 Å². The van der Waals surface area contributed by atoms with E-state index in [1.54, 1.807) is 14.0 Å². The molecule has 2 aliphatic rings. The van der Waals surface area contributed by atoms with E-state index in [1.165, 1.54) is 0 Å². The van der Waals surface area contributed by atoms with Gasteiger partial charge in [0.1, 0.15) is 11.5 Å². The number of anilines is 1. The van der Waals surface area contributed by atoms with Gasteiger partial charge in [-0.1, -0.05) is 18.2 Å². The Kier molecular flexibility index (Phi) is 8.32. The van der Waals surface area contributed by atoms with Crippen LogP contribution in [0.5, 0.6) is 11.5 Å². The molecule has 1 atom stereocenters. The van der Waals surface area contributed by atoms with Crippen LogP contribution < -0.4 is 25.0 Å². The van der Waals surface area contributed by atoms with Crippen LogP contribution in [0.4, 0.5) is 10.5 Å². The number of carbonyl (C=O) groups is 2. The van der Waals surface area contributed by atoms with Crippen molar-refractivity contribution in [3.8, 4) is 11.5 Å². The lowest BCUT2D eigenvalue weighted by atomic mass is 9.94. The number of methoxy groups -OCH3 is 1. The van der Waals surface area contributed by atoms with Gasteiger partial charge < -0.3 is 29.7 Å². The Morgan fingerprint density at radius 3 is 2.42 bits per heavy atom. The highest BCUT2D eigenvalue weighted by molar-refractivity contribution is 5.95. The maximum absolute atomic E-state index is 13.1. The van der Waals surface area contributed by atoms with Crippen molar-refractivity contribution in [1.82, 2.24) is 15.5 Å². The second-order valence-electron chi connectivity index (χ2n) is 8.61. The standard InChI is InChI=1S/C27H34N4O5/c1-4-35-21-11-9-19(10-12-21)25-24(26(32)36-5-2)23(28-27(33)29-25)18-30-13-15-31(16-14-30)20-7-6-8-22(17-20)34-3/h6-12,17,25H,4-5,13-16,18H2,1-3H3,(H2,28,29,33). The van der Waals surface area contributed by atoms with Crippen LogP contribution in [0.3, 0.4) is 0 Å². The zero-order valence-corrected chi connectivity index (χ0v) is 21.1. The number of piperazine rings is 1. The van der Waals surface area contributed by atoms with Gasteiger partial charge in [0.2, 0.25) is 0 Å². The number of hydrogen-bond acceptors (Lipinski definition) is 7. The van der Waals surface area contributed by atoms with Crippen LogP contribution in [0.1, 0.15) is 25.5 Å². The number of carbonyl (C=O) groups excluding carboxylic acids is 2. The molecule has 2 aliphatic heterocycles. The second-order valence-corrected chi connectivity index (χ2v) is 8.61. The van der Waals surface area contributed by atoms with E-state index in [1.807, 2.05) is 49.4 Å². The monoisotopic (exact) mass is 494 g/mol. The third-order valence-electron chi connectivity index (χ3n) is 6.35. The topological polar surface area (TPSA) is 92.4 Å². The highest BCUT2D eigenvalue weighted by Crippen LogP contribution is 2.30. The van der Waals surface area contributed by atoms with Gasteiger partial charge in [0, 0.05) is 50.2 Å². The van der Waals surface area contributed by atoms with E-state index < -0.39 is 12.0 Å². The second kappa shape index (κ2) is 11.8. The molecule has 0 bridgehead atoms. The van der Waals surface area contributed by atoms with E-state index in [0.29, 0.717) is 24.4 Å². The molecule has 2 aromatic rings. The smallest absolute Gasteiger partial charge is 0.338 e. The number of benzene rings is 2. The summed E-state index contributed by atoms with van der Waals surface area (Å²) >= 11 is 0. The molecule has 4 rings (SSSR count). The molecule has 2 heterocycles. The molecule has 1 saturated heterocycles. The van der Waals surface area contributed by atoms with Crippen LogP contribution in [-0.2, 0) is 9.53 Å². The third kappa shape index (κ3) is 5.91. The first-order valence-corrected chi connectivity index (χ1v) is 12.3. The van der Waals surface area contributed by atoms with Crippen LogP contribution in [0.25, 0.3) is 0 Å². The van der Waals surface area contributed by atoms with Gasteiger partial charge in [-0.05, 0) is 43.7 Å². The lowest BCUT2D eigenvalue weighted by molar-refractivity contribution is -0.139. The average molecular weight is 495 g/mol. The molecule has 9 nitrogen and oxygen atoms in total. The molecule has 0 aliphatic carbocycles. The Bertz CT molecular complexity index is 1090. The number of ether oxygens (including phenoxy) is 3. The van der Waals surface area contributed by atoms with Crippen molar-refractivity contribution in [2.24, 2.45) is 0 Å². The van der Waals surface area contributed by atoms with Gasteiger partial charge >= 0.3 is 12.0 Å². The molecule has 0 saturated carbocycles. The number of amides is 2. The van der Waals surface area contributed by atoms with Crippen molar-refractivity contribution >= 4 is 17.7 Å². The first-order valence-electron chi connectivity index (χ1n) is 12.3. The molecular formula is C27H34N4O5. The zero-order valence-electron chi connectivity index (χ0n) is 21.1. The van der Waals surface area contributed by atoms with Crippen LogP contribution in [0, 0.1) is 0 Å². The summed E-state index contributed by atoms with van der Waals surface area (Å²) in [6.45, 7) is 8.17. The van der Waals surface area contributed by atoms with Crippen molar-refractivity contribution in [3.63, 3.8) is 0 Å². The molecule has 1 unspecified atom stereocenters. The number of hydrogen-bond donors (Lipinski definition) is 2. The number of urea groups is 1. The molecule has 2 N–H and O–H groups in total. The molecule has 192 valence electrons. The summed E-state index contributed by atoms with van der Waals surface area (Å²) in [5, 5.41) is 5.77. The third-order valence-corrected chi connectivity index (χ3v) is 6.35. The highest BCUT2D eigenvalue weighted by Gasteiger charge is 2.34. The molecule has 2 amide bonds. The Morgan fingerprint density at radius 2 is 1.75 bits per heavy atom. The van der Waals surface area contributed by atoms with Gasteiger partial charge in [-0.2, -0.15) is 0 Å². The summed E-state index contributed by atoms with van der Waals surface area (Å²) in [6, 6.07) is 14.5.